The third kappa shape index (κ3) is 6.58. The van der Waals surface area contributed by atoms with Gasteiger partial charge in [-0.1, -0.05) is 36.4 Å². The van der Waals surface area contributed by atoms with Gasteiger partial charge in [0.15, 0.2) is 11.5 Å². The van der Waals surface area contributed by atoms with Crippen molar-refractivity contribution in [3.05, 3.63) is 94.4 Å². The maximum absolute atomic E-state index is 13.1. The highest BCUT2D eigenvalue weighted by Gasteiger charge is 2.37. The molecule has 0 aromatic heterocycles. The first-order valence-electron chi connectivity index (χ1n) is 13.3. The predicted molar refractivity (Wildman–Crippen MR) is 159 cm³/mol. The number of benzene rings is 3. The predicted octanol–water partition coefficient (Wildman–Crippen LogP) is 4.36. The van der Waals surface area contributed by atoms with Gasteiger partial charge in [-0.25, -0.2) is 4.79 Å². The number of nitrogens with zero attached hydrogens (tertiary/aromatic N) is 3. The van der Waals surface area contributed by atoms with E-state index in [0.717, 1.165) is 22.3 Å². The van der Waals surface area contributed by atoms with Crippen molar-refractivity contribution in [2.45, 2.75) is 6.61 Å². The number of methoxy groups -OCH3 is 1. The second-order valence-electron chi connectivity index (χ2n) is 9.68. The zero-order valence-electron chi connectivity index (χ0n) is 22.9. The van der Waals surface area contributed by atoms with E-state index in [1.54, 1.807) is 41.3 Å². The average molecular weight is 588 g/mol. The minimum Gasteiger partial charge on any atom is -0.493 e. The lowest BCUT2D eigenvalue weighted by molar-refractivity contribution is -0.136. The molecule has 2 aliphatic rings. The lowest BCUT2D eigenvalue weighted by atomic mass is 10.1. The number of hydrogen-bond acceptors (Lipinski definition) is 8. The maximum Gasteiger partial charge on any atom is 0.335 e. The van der Waals surface area contributed by atoms with Crippen molar-refractivity contribution in [3.8, 4) is 11.5 Å². The molecular weight excluding hydrogens is 558 g/mol. The molecule has 2 heterocycles. The van der Waals surface area contributed by atoms with E-state index in [0.29, 0.717) is 48.8 Å². The maximum atomic E-state index is 13.1. The Balaban J connectivity index is 1.19. The van der Waals surface area contributed by atoms with Crippen LogP contribution in [0.2, 0.25) is 0 Å². The molecule has 0 atom stereocenters. The van der Waals surface area contributed by atoms with Gasteiger partial charge in [0.2, 0.25) is 5.91 Å². The molecule has 0 bridgehead atoms. The summed E-state index contributed by atoms with van der Waals surface area (Å²) in [7, 11) is 1.48. The Morgan fingerprint density at radius 2 is 1.69 bits per heavy atom. The first-order chi connectivity index (χ1) is 20.3. The first-order valence-corrected chi connectivity index (χ1v) is 14.1. The summed E-state index contributed by atoms with van der Waals surface area (Å²) in [6.07, 6.45) is 1.58. The van der Waals surface area contributed by atoms with Crippen LogP contribution >= 0.6 is 11.8 Å². The number of piperazine rings is 1. The third-order valence-electron chi connectivity index (χ3n) is 6.97. The molecule has 0 saturated carbocycles. The number of hydrogen-bond donors (Lipinski definition) is 1. The summed E-state index contributed by atoms with van der Waals surface area (Å²) in [5.74, 6) is -0.958. The van der Waals surface area contributed by atoms with Gasteiger partial charge in [0.1, 0.15) is 13.2 Å². The second kappa shape index (κ2) is 12.8. The number of carboxylic acid groups (broad SMARTS) is 1. The third-order valence-corrected chi connectivity index (χ3v) is 7.88. The number of ether oxygens (including phenoxy) is 2. The molecule has 5 rings (SSSR count). The zero-order valence-corrected chi connectivity index (χ0v) is 23.7. The van der Waals surface area contributed by atoms with Crippen LogP contribution in [0.5, 0.6) is 11.5 Å². The van der Waals surface area contributed by atoms with Crippen molar-refractivity contribution in [2.24, 2.45) is 0 Å². The van der Waals surface area contributed by atoms with E-state index in [4.69, 9.17) is 9.47 Å². The molecule has 0 radical (unpaired) electrons. The van der Waals surface area contributed by atoms with Gasteiger partial charge < -0.3 is 24.4 Å². The number of thioether (sulfide) groups is 1. The SMILES string of the molecule is COc1cc(/C=C2/SC(=O)N(CC(=O)N3CCN(c4ccccc4)CC3)C2=O)ccc1OCc1cccc(C(=O)O)c1. The quantitative estimate of drug-likeness (QED) is 0.365. The summed E-state index contributed by atoms with van der Waals surface area (Å²) in [5.41, 5.74) is 2.56. The fraction of sp³-hybridized carbons (Fsp3) is 0.226. The van der Waals surface area contributed by atoms with Gasteiger partial charge in [0.05, 0.1) is 17.6 Å². The minimum absolute atomic E-state index is 0.130. The van der Waals surface area contributed by atoms with Crippen LogP contribution in [0.3, 0.4) is 0 Å². The fourth-order valence-electron chi connectivity index (χ4n) is 4.72. The number of aromatic carboxylic acids is 1. The summed E-state index contributed by atoms with van der Waals surface area (Å²) in [6, 6.07) is 21.5. The van der Waals surface area contributed by atoms with Crippen LogP contribution in [0, 0.1) is 0 Å². The van der Waals surface area contributed by atoms with Gasteiger partial charge in [-0.3, -0.25) is 19.3 Å². The fourth-order valence-corrected chi connectivity index (χ4v) is 5.56. The Morgan fingerprint density at radius 1 is 0.929 bits per heavy atom. The van der Waals surface area contributed by atoms with Crippen LogP contribution < -0.4 is 14.4 Å². The number of imide groups is 1. The number of carboxylic acids is 1. The van der Waals surface area contributed by atoms with Gasteiger partial charge in [-0.15, -0.1) is 0 Å². The number of amides is 3. The van der Waals surface area contributed by atoms with Crippen molar-refractivity contribution in [1.29, 1.82) is 0 Å². The van der Waals surface area contributed by atoms with Gasteiger partial charge in [0.25, 0.3) is 11.1 Å². The summed E-state index contributed by atoms with van der Waals surface area (Å²) in [4.78, 5) is 55.0. The highest BCUT2D eigenvalue weighted by Crippen LogP contribution is 2.35. The minimum atomic E-state index is -1.02. The molecule has 2 aliphatic heterocycles. The lowest BCUT2D eigenvalue weighted by Crippen LogP contribution is -2.51. The van der Waals surface area contributed by atoms with Crippen LogP contribution in [0.25, 0.3) is 6.08 Å². The van der Waals surface area contributed by atoms with E-state index in [1.165, 1.54) is 19.2 Å². The number of rotatable bonds is 9. The first kappa shape index (κ1) is 28.7. The second-order valence-corrected chi connectivity index (χ2v) is 10.7. The Morgan fingerprint density at radius 3 is 2.40 bits per heavy atom. The number of carbonyl (C=O) groups is 4. The molecular formula is C31H29N3O7S. The standard InChI is InChI=1S/C31H29N3O7S/c1-40-26-17-21(10-11-25(26)41-20-22-6-5-7-23(16-22)30(37)38)18-27-29(36)34(31(39)42-27)19-28(35)33-14-12-32(13-15-33)24-8-3-2-4-9-24/h2-11,16-18H,12-15,19-20H2,1H3,(H,37,38)/b27-18+. The van der Waals surface area contributed by atoms with Crippen molar-refractivity contribution >= 4 is 46.5 Å². The molecule has 2 fully saturated rings. The molecule has 0 aliphatic carbocycles. The summed E-state index contributed by atoms with van der Waals surface area (Å²) in [5, 5.41) is 8.70. The molecule has 10 nitrogen and oxygen atoms in total. The van der Waals surface area contributed by atoms with Gasteiger partial charge in [-0.05, 0) is 65.4 Å². The van der Waals surface area contributed by atoms with E-state index in [-0.39, 0.29) is 29.5 Å². The monoisotopic (exact) mass is 587 g/mol. The van der Waals surface area contributed by atoms with Gasteiger partial charge in [0, 0.05) is 31.9 Å². The highest BCUT2D eigenvalue weighted by atomic mass is 32.2. The van der Waals surface area contributed by atoms with E-state index in [9.17, 15) is 24.3 Å². The van der Waals surface area contributed by atoms with Gasteiger partial charge in [-0.2, -0.15) is 0 Å². The van der Waals surface area contributed by atoms with Crippen molar-refractivity contribution in [2.75, 3.05) is 44.7 Å². The molecule has 1 N–H and O–H groups in total. The molecule has 42 heavy (non-hydrogen) atoms. The van der Waals surface area contributed by atoms with Crippen molar-refractivity contribution < 1.29 is 33.8 Å². The summed E-state index contributed by atoms with van der Waals surface area (Å²) in [6.45, 7) is 2.21. The van der Waals surface area contributed by atoms with Crippen LogP contribution in [-0.2, 0) is 16.2 Å². The van der Waals surface area contributed by atoms with Crippen LogP contribution in [-0.4, -0.2) is 77.8 Å². The smallest absolute Gasteiger partial charge is 0.335 e. The lowest BCUT2D eigenvalue weighted by Gasteiger charge is -2.36. The molecule has 2 saturated heterocycles. The number of carbonyl (C=O) groups excluding carboxylic acids is 3. The van der Waals surface area contributed by atoms with E-state index >= 15 is 0 Å². The van der Waals surface area contributed by atoms with Crippen LogP contribution in [0.4, 0.5) is 10.5 Å². The molecule has 0 unspecified atom stereocenters. The number of para-hydroxylation sites is 1. The Hall–Kier alpha value is -4.77. The molecule has 11 heteroatoms. The van der Waals surface area contributed by atoms with Gasteiger partial charge >= 0.3 is 5.97 Å². The van der Waals surface area contributed by atoms with Crippen molar-refractivity contribution in [1.82, 2.24) is 9.80 Å². The summed E-state index contributed by atoms with van der Waals surface area (Å²) < 4.78 is 11.3. The van der Waals surface area contributed by atoms with Crippen LogP contribution in [0.1, 0.15) is 21.5 Å². The topological polar surface area (TPSA) is 117 Å². The number of anilines is 1. The molecule has 3 aromatic rings. The highest BCUT2D eigenvalue weighted by molar-refractivity contribution is 8.18. The molecule has 3 amide bonds. The Bertz CT molecular complexity index is 1530. The zero-order chi connectivity index (χ0) is 29.6. The summed E-state index contributed by atoms with van der Waals surface area (Å²) >= 11 is 0.791. The molecule has 216 valence electrons. The Labute approximate surface area is 247 Å². The van der Waals surface area contributed by atoms with E-state index in [2.05, 4.69) is 4.90 Å². The average Bonchev–Trinajstić information content (AvgIpc) is 3.28. The van der Waals surface area contributed by atoms with Crippen molar-refractivity contribution in [3.63, 3.8) is 0 Å². The van der Waals surface area contributed by atoms with E-state index in [1.807, 2.05) is 30.3 Å². The largest absolute Gasteiger partial charge is 0.493 e. The van der Waals surface area contributed by atoms with Crippen LogP contribution in [0.15, 0.2) is 77.7 Å². The molecule has 3 aromatic carbocycles. The normalized spacial score (nSPS) is 16.2. The van der Waals surface area contributed by atoms with E-state index < -0.39 is 17.1 Å². The Kier molecular flexibility index (Phi) is 8.77. The molecule has 0 spiro atoms.